The summed E-state index contributed by atoms with van der Waals surface area (Å²) < 4.78 is 0.945. The van der Waals surface area contributed by atoms with Crippen molar-refractivity contribution in [1.29, 1.82) is 0 Å². The van der Waals surface area contributed by atoms with Crippen molar-refractivity contribution in [3.8, 4) is 0 Å². The number of urea groups is 1. The van der Waals surface area contributed by atoms with Gasteiger partial charge in [0.15, 0.2) is 0 Å². The maximum absolute atomic E-state index is 13.1. The number of carbonyl (C=O) groups is 2. The molecule has 0 fully saturated rings. The highest BCUT2D eigenvalue weighted by Gasteiger charge is 2.34. The van der Waals surface area contributed by atoms with Crippen LogP contribution in [0.4, 0.5) is 10.5 Å². The van der Waals surface area contributed by atoms with E-state index in [1.807, 2.05) is 24.3 Å². The van der Waals surface area contributed by atoms with Crippen molar-refractivity contribution in [2.45, 2.75) is 12.5 Å². The number of fused-ring (bicyclic) bond motifs is 1. The van der Waals surface area contributed by atoms with Crippen molar-refractivity contribution < 1.29 is 14.7 Å². The van der Waals surface area contributed by atoms with E-state index in [0.717, 1.165) is 21.4 Å². The zero-order valence-electron chi connectivity index (χ0n) is 14.7. The minimum absolute atomic E-state index is 0.0495. The Kier molecular flexibility index (Phi) is 4.87. The number of halogens is 1. The molecule has 1 atom stereocenters. The lowest BCUT2D eigenvalue weighted by atomic mass is 9.96. The molecule has 7 nitrogen and oxygen atoms in total. The average Bonchev–Trinajstić information content (AvgIpc) is 3.17. The Morgan fingerprint density at radius 1 is 1.18 bits per heavy atom. The van der Waals surface area contributed by atoms with Crippen molar-refractivity contribution in [3.05, 3.63) is 81.8 Å². The molecule has 1 aromatic heterocycles. The molecule has 1 aliphatic heterocycles. The number of nitrogens with zero attached hydrogens (tertiary/aromatic N) is 2. The molecule has 2 heterocycles. The van der Waals surface area contributed by atoms with Gasteiger partial charge in [-0.05, 0) is 29.8 Å². The fraction of sp³-hybridized carbons (Fsp3) is 0.150. The monoisotopic (exact) mass is 440 g/mol. The van der Waals surface area contributed by atoms with Crippen molar-refractivity contribution >= 4 is 33.6 Å². The van der Waals surface area contributed by atoms with Crippen LogP contribution in [-0.2, 0) is 6.42 Å². The second kappa shape index (κ2) is 7.47. The number of imidazole rings is 1. The molecular weight excluding hydrogens is 424 g/mol. The van der Waals surface area contributed by atoms with E-state index in [2.05, 4.69) is 31.2 Å². The van der Waals surface area contributed by atoms with Gasteiger partial charge in [0.2, 0.25) is 0 Å². The van der Waals surface area contributed by atoms with Gasteiger partial charge in [0.25, 0.3) is 0 Å². The number of rotatable bonds is 3. The van der Waals surface area contributed by atoms with E-state index < -0.39 is 5.97 Å². The lowest BCUT2D eigenvalue weighted by molar-refractivity contribution is 0.0698. The minimum Gasteiger partial charge on any atom is -0.478 e. The van der Waals surface area contributed by atoms with Gasteiger partial charge in [-0.1, -0.05) is 40.2 Å². The van der Waals surface area contributed by atoms with E-state index in [-0.39, 0.29) is 23.3 Å². The van der Waals surface area contributed by atoms with Crippen molar-refractivity contribution in [2.75, 3.05) is 11.9 Å². The van der Waals surface area contributed by atoms with Crippen LogP contribution in [0, 0.1) is 0 Å². The van der Waals surface area contributed by atoms with Gasteiger partial charge in [-0.3, -0.25) is 0 Å². The number of hydrogen-bond donors (Lipinski definition) is 3. The largest absolute Gasteiger partial charge is 0.478 e. The minimum atomic E-state index is -1.09. The standard InChI is InChI=1S/C20H17BrN4O3/c21-13-7-5-12(6-8-13)18-17-16(22-11-23-17)9-10-25(18)20(28)24-15-4-2-1-3-14(15)19(26)27/h1-8,11,18H,9-10H2,(H,22,23)(H,24,28)(H,26,27)/t18-/m1/s1. The molecule has 28 heavy (non-hydrogen) atoms. The third-order valence-electron chi connectivity index (χ3n) is 4.77. The number of anilines is 1. The summed E-state index contributed by atoms with van der Waals surface area (Å²) in [6.07, 6.45) is 2.29. The lowest BCUT2D eigenvalue weighted by Gasteiger charge is -2.35. The predicted octanol–water partition coefficient (Wildman–Crippen LogP) is 4.05. The molecule has 1 aliphatic rings. The first-order chi connectivity index (χ1) is 13.5. The number of hydrogen-bond acceptors (Lipinski definition) is 3. The Morgan fingerprint density at radius 2 is 1.93 bits per heavy atom. The Bertz CT molecular complexity index is 1030. The van der Waals surface area contributed by atoms with Crippen molar-refractivity contribution in [1.82, 2.24) is 14.9 Å². The number of carbonyl (C=O) groups excluding carboxylic acids is 1. The predicted molar refractivity (Wildman–Crippen MR) is 107 cm³/mol. The van der Waals surface area contributed by atoms with E-state index in [1.165, 1.54) is 6.07 Å². The summed E-state index contributed by atoms with van der Waals surface area (Å²) in [7, 11) is 0. The number of aromatic carboxylic acids is 1. The highest BCUT2D eigenvalue weighted by atomic mass is 79.9. The molecule has 2 amide bonds. The Balaban J connectivity index is 1.68. The van der Waals surface area contributed by atoms with E-state index >= 15 is 0 Å². The maximum atomic E-state index is 13.1. The topological polar surface area (TPSA) is 98.3 Å². The van der Waals surface area contributed by atoms with Crippen LogP contribution in [0.1, 0.15) is 33.4 Å². The lowest BCUT2D eigenvalue weighted by Crippen LogP contribution is -2.43. The molecule has 8 heteroatoms. The van der Waals surface area contributed by atoms with E-state index in [1.54, 1.807) is 29.4 Å². The molecule has 3 aromatic rings. The quantitative estimate of drug-likeness (QED) is 0.571. The molecular formula is C20H17BrN4O3. The van der Waals surface area contributed by atoms with Gasteiger partial charge < -0.3 is 20.3 Å². The number of benzene rings is 2. The number of nitrogens with one attached hydrogen (secondary N) is 2. The fourth-order valence-electron chi connectivity index (χ4n) is 3.44. The number of carboxylic acids is 1. The van der Waals surface area contributed by atoms with Crippen LogP contribution >= 0.6 is 15.9 Å². The van der Waals surface area contributed by atoms with Gasteiger partial charge in [0.05, 0.1) is 23.3 Å². The second-order valence-corrected chi connectivity index (χ2v) is 7.36. The van der Waals surface area contributed by atoms with Crippen LogP contribution in [0.25, 0.3) is 0 Å². The first-order valence-electron chi connectivity index (χ1n) is 8.72. The normalized spacial score (nSPS) is 15.8. The summed E-state index contributed by atoms with van der Waals surface area (Å²) in [6, 6.07) is 13.4. The van der Waals surface area contributed by atoms with E-state index in [0.29, 0.717) is 13.0 Å². The molecule has 3 N–H and O–H groups in total. The maximum Gasteiger partial charge on any atom is 0.337 e. The summed E-state index contributed by atoms with van der Waals surface area (Å²) in [5.41, 5.74) is 3.05. The fourth-order valence-corrected chi connectivity index (χ4v) is 3.71. The number of amides is 2. The molecule has 0 spiro atoms. The highest BCUT2D eigenvalue weighted by Crippen LogP contribution is 2.34. The van der Waals surface area contributed by atoms with Gasteiger partial charge in [-0.2, -0.15) is 0 Å². The summed E-state index contributed by atoms with van der Waals surface area (Å²) >= 11 is 3.43. The van der Waals surface area contributed by atoms with Crippen LogP contribution in [0.2, 0.25) is 0 Å². The van der Waals surface area contributed by atoms with Gasteiger partial charge in [0.1, 0.15) is 6.04 Å². The average molecular weight is 441 g/mol. The summed E-state index contributed by atoms with van der Waals surface area (Å²) in [6.45, 7) is 0.483. The molecule has 0 saturated carbocycles. The van der Waals surface area contributed by atoms with Crippen molar-refractivity contribution in [3.63, 3.8) is 0 Å². The molecule has 0 bridgehead atoms. The number of carboxylic acid groups (broad SMARTS) is 1. The molecule has 0 radical (unpaired) electrons. The van der Waals surface area contributed by atoms with Gasteiger partial charge in [0, 0.05) is 23.1 Å². The molecule has 2 aromatic carbocycles. The van der Waals surface area contributed by atoms with Crippen LogP contribution < -0.4 is 5.32 Å². The Labute approximate surface area is 169 Å². The smallest absolute Gasteiger partial charge is 0.337 e. The summed E-state index contributed by atoms with van der Waals surface area (Å²) in [4.78, 5) is 33.8. The van der Waals surface area contributed by atoms with Crippen LogP contribution in [0.15, 0.2) is 59.3 Å². The number of H-pyrrole nitrogens is 1. The van der Waals surface area contributed by atoms with Crippen LogP contribution in [0.5, 0.6) is 0 Å². The third-order valence-corrected chi connectivity index (χ3v) is 5.30. The molecule has 0 saturated heterocycles. The Morgan fingerprint density at radius 3 is 2.68 bits per heavy atom. The summed E-state index contributed by atoms with van der Waals surface area (Å²) in [5, 5.41) is 12.1. The van der Waals surface area contributed by atoms with Crippen LogP contribution in [-0.4, -0.2) is 38.5 Å². The zero-order valence-corrected chi connectivity index (χ0v) is 16.3. The van der Waals surface area contributed by atoms with Gasteiger partial charge in [-0.25, -0.2) is 14.6 Å². The first-order valence-corrected chi connectivity index (χ1v) is 9.51. The second-order valence-electron chi connectivity index (χ2n) is 6.44. The van der Waals surface area contributed by atoms with Gasteiger partial charge >= 0.3 is 12.0 Å². The first kappa shape index (κ1) is 18.2. The zero-order chi connectivity index (χ0) is 19.7. The van der Waals surface area contributed by atoms with Gasteiger partial charge in [-0.15, -0.1) is 0 Å². The van der Waals surface area contributed by atoms with Crippen molar-refractivity contribution in [2.24, 2.45) is 0 Å². The highest BCUT2D eigenvalue weighted by molar-refractivity contribution is 9.10. The molecule has 142 valence electrons. The Hall–Kier alpha value is -3.13. The molecule has 4 rings (SSSR count). The molecule has 0 unspecified atom stereocenters. The van der Waals surface area contributed by atoms with E-state index in [4.69, 9.17) is 0 Å². The van der Waals surface area contributed by atoms with Crippen LogP contribution in [0.3, 0.4) is 0 Å². The SMILES string of the molecule is O=C(O)c1ccccc1NC(=O)N1CCc2[nH]cnc2[C@H]1c1ccc(Br)cc1. The summed E-state index contributed by atoms with van der Waals surface area (Å²) in [5.74, 6) is -1.09. The number of para-hydroxylation sites is 1. The molecule has 0 aliphatic carbocycles. The number of aromatic nitrogens is 2. The third kappa shape index (κ3) is 3.38. The number of aromatic amines is 1. The van der Waals surface area contributed by atoms with E-state index in [9.17, 15) is 14.7 Å².